The van der Waals surface area contributed by atoms with Crippen LogP contribution in [-0.4, -0.2) is 24.2 Å². The summed E-state index contributed by atoms with van der Waals surface area (Å²) in [6.07, 6.45) is 2.73. The molecular weight excluding hydrogens is 210 g/mol. The summed E-state index contributed by atoms with van der Waals surface area (Å²) in [5, 5.41) is 4.38. The Morgan fingerprint density at radius 2 is 2.36 bits per heavy atom. The first-order valence-electron chi connectivity index (χ1n) is 5.05. The molecule has 2 rings (SSSR count). The van der Waals surface area contributed by atoms with Crippen LogP contribution in [0.15, 0.2) is 16.8 Å². The van der Waals surface area contributed by atoms with Gasteiger partial charge in [0.05, 0.1) is 0 Å². The third-order valence-corrected chi connectivity index (χ3v) is 4.33. The van der Waals surface area contributed by atoms with Gasteiger partial charge in [-0.25, -0.2) is 0 Å². The first-order valence-corrected chi connectivity index (χ1v) is 6.62. The molecule has 14 heavy (non-hydrogen) atoms. The maximum Gasteiger partial charge on any atom is 0.0239 e. The monoisotopic (exact) mass is 227 g/mol. The third kappa shape index (κ3) is 2.53. The van der Waals surface area contributed by atoms with Gasteiger partial charge < -0.3 is 4.90 Å². The first kappa shape index (κ1) is 10.5. The molecule has 0 spiro atoms. The highest BCUT2D eigenvalue weighted by Gasteiger charge is 2.41. The van der Waals surface area contributed by atoms with Crippen LogP contribution in [0.3, 0.4) is 0 Å². The van der Waals surface area contributed by atoms with Gasteiger partial charge in [-0.2, -0.15) is 24.0 Å². The SMILES string of the molecule is CN(Cc1ccsc1)CC1(CS)CC1. The highest BCUT2D eigenvalue weighted by Crippen LogP contribution is 2.46. The number of thiophene rings is 1. The van der Waals surface area contributed by atoms with E-state index in [1.54, 1.807) is 11.3 Å². The summed E-state index contributed by atoms with van der Waals surface area (Å²) < 4.78 is 0. The number of hydrogen-bond donors (Lipinski definition) is 1. The molecule has 1 nitrogen and oxygen atoms in total. The highest BCUT2D eigenvalue weighted by molar-refractivity contribution is 7.80. The minimum Gasteiger partial charge on any atom is -0.302 e. The van der Waals surface area contributed by atoms with E-state index >= 15 is 0 Å². The molecule has 0 bridgehead atoms. The summed E-state index contributed by atoms with van der Waals surface area (Å²) in [6.45, 7) is 2.28. The molecule has 1 aliphatic carbocycles. The molecule has 0 radical (unpaired) electrons. The first-order chi connectivity index (χ1) is 6.74. The van der Waals surface area contributed by atoms with E-state index in [2.05, 4.69) is 41.4 Å². The fourth-order valence-corrected chi connectivity index (χ4v) is 2.94. The van der Waals surface area contributed by atoms with Gasteiger partial charge in [-0.1, -0.05) is 0 Å². The Morgan fingerprint density at radius 3 is 2.86 bits per heavy atom. The zero-order chi connectivity index (χ0) is 10.0. The summed E-state index contributed by atoms with van der Waals surface area (Å²) in [7, 11) is 2.21. The molecule has 1 fully saturated rings. The number of rotatable bonds is 5. The van der Waals surface area contributed by atoms with Crippen LogP contribution in [0, 0.1) is 5.41 Å². The normalized spacial score (nSPS) is 18.8. The minimum absolute atomic E-state index is 0.549. The quantitative estimate of drug-likeness (QED) is 0.757. The van der Waals surface area contributed by atoms with E-state index in [0.717, 1.165) is 12.3 Å². The van der Waals surface area contributed by atoms with Crippen LogP contribution in [0.1, 0.15) is 18.4 Å². The largest absolute Gasteiger partial charge is 0.302 e. The van der Waals surface area contributed by atoms with Crippen molar-refractivity contribution in [2.45, 2.75) is 19.4 Å². The van der Waals surface area contributed by atoms with Gasteiger partial charge in [-0.05, 0) is 53.4 Å². The number of thiol groups is 1. The van der Waals surface area contributed by atoms with Crippen molar-refractivity contribution in [3.8, 4) is 0 Å². The number of nitrogens with zero attached hydrogens (tertiary/aromatic N) is 1. The zero-order valence-electron chi connectivity index (χ0n) is 8.57. The summed E-state index contributed by atoms with van der Waals surface area (Å²) in [5.41, 5.74) is 1.99. The van der Waals surface area contributed by atoms with Crippen LogP contribution in [0.5, 0.6) is 0 Å². The lowest BCUT2D eigenvalue weighted by Crippen LogP contribution is -2.27. The lowest BCUT2D eigenvalue weighted by molar-refractivity contribution is 0.271. The van der Waals surface area contributed by atoms with Gasteiger partial charge in [0.2, 0.25) is 0 Å². The molecule has 0 amide bonds. The highest BCUT2D eigenvalue weighted by atomic mass is 32.1. The molecule has 0 aromatic carbocycles. The molecule has 1 heterocycles. The summed E-state index contributed by atoms with van der Waals surface area (Å²) in [5.74, 6) is 1.04. The zero-order valence-corrected chi connectivity index (χ0v) is 10.3. The standard InChI is InChI=1S/C11H17NS2/c1-12(6-10-2-5-14-7-10)8-11(9-13)3-4-11/h2,5,7,13H,3-4,6,8-9H2,1H3. The molecule has 0 atom stereocenters. The van der Waals surface area contributed by atoms with Crippen molar-refractivity contribution in [2.75, 3.05) is 19.3 Å². The van der Waals surface area contributed by atoms with E-state index in [-0.39, 0.29) is 0 Å². The van der Waals surface area contributed by atoms with Gasteiger partial charge >= 0.3 is 0 Å². The molecule has 0 saturated heterocycles. The lowest BCUT2D eigenvalue weighted by atomic mass is 10.1. The fourth-order valence-electron chi connectivity index (χ4n) is 1.87. The van der Waals surface area contributed by atoms with E-state index in [1.165, 1.54) is 24.9 Å². The summed E-state index contributed by atoms with van der Waals surface area (Å²) in [6, 6.07) is 2.21. The molecule has 78 valence electrons. The van der Waals surface area contributed by atoms with Crippen LogP contribution in [0.2, 0.25) is 0 Å². The fraction of sp³-hybridized carbons (Fsp3) is 0.636. The smallest absolute Gasteiger partial charge is 0.0239 e. The molecule has 1 aromatic heterocycles. The van der Waals surface area contributed by atoms with Crippen molar-refractivity contribution in [1.82, 2.24) is 4.90 Å². The van der Waals surface area contributed by atoms with Gasteiger partial charge in [-0.15, -0.1) is 0 Å². The van der Waals surface area contributed by atoms with Crippen molar-refractivity contribution in [3.05, 3.63) is 22.4 Å². The Bertz CT molecular complexity index is 277. The Balaban J connectivity index is 1.82. The van der Waals surface area contributed by atoms with Crippen LogP contribution in [0.4, 0.5) is 0 Å². The lowest BCUT2D eigenvalue weighted by Gasteiger charge is -2.21. The molecule has 3 heteroatoms. The van der Waals surface area contributed by atoms with Gasteiger partial charge in [0.25, 0.3) is 0 Å². The molecule has 0 aliphatic heterocycles. The third-order valence-electron chi connectivity index (χ3n) is 2.93. The van der Waals surface area contributed by atoms with E-state index < -0.39 is 0 Å². The molecular formula is C11H17NS2. The summed E-state index contributed by atoms with van der Waals surface area (Å²) >= 11 is 6.21. The van der Waals surface area contributed by atoms with Crippen LogP contribution in [-0.2, 0) is 6.54 Å². The van der Waals surface area contributed by atoms with E-state index in [1.807, 2.05) is 0 Å². The topological polar surface area (TPSA) is 3.24 Å². The minimum atomic E-state index is 0.549. The van der Waals surface area contributed by atoms with Crippen molar-refractivity contribution in [1.29, 1.82) is 0 Å². The van der Waals surface area contributed by atoms with E-state index in [9.17, 15) is 0 Å². The molecule has 0 unspecified atom stereocenters. The maximum absolute atomic E-state index is 4.43. The second kappa shape index (κ2) is 4.25. The van der Waals surface area contributed by atoms with Crippen LogP contribution < -0.4 is 0 Å². The van der Waals surface area contributed by atoms with Gasteiger partial charge in [0.15, 0.2) is 0 Å². The Morgan fingerprint density at radius 1 is 1.57 bits per heavy atom. The maximum atomic E-state index is 4.43. The van der Waals surface area contributed by atoms with Gasteiger partial charge in [0.1, 0.15) is 0 Å². The molecule has 1 aliphatic rings. The predicted molar refractivity (Wildman–Crippen MR) is 66.2 cm³/mol. The van der Waals surface area contributed by atoms with Crippen molar-refractivity contribution < 1.29 is 0 Å². The average molecular weight is 227 g/mol. The Labute approximate surface area is 95.5 Å². The molecule has 1 aromatic rings. The summed E-state index contributed by atoms with van der Waals surface area (Å²) in [4.78, 5) is 2.42. The van der Waals surface area contributed by atoms with Crippen molar-refractivity contribution in [3.63, 3.8) is 0 Å². The predicted octanol–water partition coefficient (Wildman–Crippen LogP) is 2.89. The average Bonchev–Trinajstić information content (AvgIpc) is 2.74. The Hall–Kier alpha value is 0.01000. The van der Waals surface area contributed by atoms with Gasteiger partial charge in [0, 0.05) is 13.1 Å². The van der Waals surface area contributed by atoms with Crippen LogP contribution in [0.25, 0.3) is 0 Å². The number of hydrogen-bond acceptors (Lipinski definition) is 3. The second-order valence-corrected chi connectivity index (χ2v) is 5.56. The van der Waals surface area contributed by atoms with Crippen molar-refractivity contribution >= 4 is 24.0 Å². The van der Waals surface area contributed by atoms with Gasteiger partial charge in [-0.3, -0.25) is 0 Å². The molecule has 0 N–H and O–H groups in total. The van der Waals surface area contributed by atoms with E-state index in [0.29, 0.717) is 5.41 Å². The van der Waals surface area contributed by atoms with Crippen LogP contribution >= 0.6 is 24.0 Å². The Kier molecular flexibility index (Phi) is 3.20. The molecule has 1 saturated carbocycles. The second-order valence-electron chi connectivity index (χ2n) is 4.46. The van der Waals surface area contributed by atoms with Crippen molar-refractivity contribution in [2.24, 2.45) is 5.41 Å². The van der Waals surface area contributed by atoms with E-state index in [4.69, 9.17) is 0 Å².